The average Bonchev–Trinajstić information content (AvgIpc) is 2.77. The summed E-state index contributed by atoms with van der Waals surface area (Å²) in [7, 11) is 0. The first-order chi connectivity index (χ1) is 14.3. The van der Waals surface area contributed by atoms with Crippen LogP contribution in [0.4, 0.5) is 11.4 Å². The molecule has 140 valence electrons. The molecule has 0 aliphatic carbocycles. The highest BCUT2D eigenvalue weighted by molar-refractivity contribution is 6.08. The lowest BCUT2D eigenvalue weighted by Crippen LogP contribution is -2.13. The first-order valence-corrected chi connectivity index (χ1v) is 9.71. The number of benzene rings is 4. The average molecular weight is 376 g/mol. The number of anilines is 2. The van der Waals surface area contributed by atoms with Gasteiger partial charge in [0, 0.05) is 23.0 Å². The van der Waals surface area contributed by atoms with Crippen molar-refractivity contribution in [3.8, 4) is 11.1 Å². The van der Waals surface area contributed by atoms with Crippen LogP contribution in [0.3, 0.4) is 0 Å². The Bertz CT molecular complexity index is 1240. The molecule has 0 spiro atoms. The second-order valence-corrected chi connectivity index (χ2v) is 7.19. The van der Waals surface area contributed by atoms with Crippen molar-refractivity contribution in [3.63, 3.8) is 0 Å². The molecule has 0 saturated carbocycles. The normalized spacial score (nSPS) is 12.2. The molecule has 4 aromatic carbocycles. The second-order valence-electron chi connectivity index (χ2n) is 7.19. The van der Waals surface area contributed by atoms with Crippen LogP contribution in [0.15, 0.2) is 97.2 Å². The number of hydrogen-bond donors (Lipinski definition) is 2. The number of carbonyl (C=O) groups is 1. The highest BCUT2D eigenvalue weighted by atomic mass is 16.1. The number of rotatable bonds is 4. The summed E-state index contributed by atoms with van der Waals surface area (Å²) in [5.41, 5.74) is 6.21. The molecule has 1 aliphatic rings. The van der Waals surface area contributed by atoms with Gasteiger partial charge < -0.3 is 10.6 Å². The molecular weight excluding hydrogens is 356 g/mol. The SMILES string of the molecule is O=C(CC1=CNc2cccc3cccc1c23)Nc1cccc(-c2ccccc2)c1. The van der Waals surface area contributed by atoms with Gasteiger partial charge in [-0.3, -0.25) is 4.79 Å². The lowest BCUT2D eigenvalue weighted by molar-refractivity contribution is -0.115. The minimum atomic E-state index is -0.0281. The van der Waals surface area contributed by atoms with Crippen LogP contribution >= 0.6 is 0 Å². The van der Waals surface area contributed by atoms with Crippen molar-refractivity contribution in [3.05, 3.63) is 103 Å². The molecule has 2 N–H and O–H groups in total. The van der Waals surface area contributed by atoms with Crippen LogP contribution in [0, 0.1) is 0 Å². The van der Waals surface area contributed by atoms with Crippen molar-refractivity contribution in [1.29, 1.82) is 0 Å². The van der Waals surface area contributed by atoms with E-state index in [1.165, 1.54) is 10.8 Å². The van der Waals surface area contributed by atoms with Gasteiger partial charge in [-0.2, -0.15) is 0 Å². The maximum Gasteiger partial charge on any atom is 0.228 e. The van der Waals surface area contributed by atoms with Crippen molar-refractivity contribution < 1.29 is 4.79 Å². The third-order valence-corrected chi connectivity index (χ3v) is 5.26. The van der Waals surface area contributed by atoms with Gasteiger partial charge in [-0.15, -0.1) is 0 Å². The van der Waals surface area contributed by atoms with Gasteiger partial charge in [-0.1, -0.05) is 72.8 Å². The van der Waals surface area contributed by atoms with E-state index in [-0.39, 0.29) is 5.91 Å². The topological polar surface area (TPSA) is 41.1 Å². The summed E-state index contributed by atoms with van der Waals surface area (Å²) in [6.45, 7) is 0. The third kappa shape index (κ3) is 3.39. The van der Waals surface area contributed by atoms with Crippen molar-refractivity contribution in [2.24, 2.45) is 0 Å². The Morgan fingerprint density at radius 1 is 0.793 bits per heavy atom. The third-order valence-electron chi connectivity index (χ3n) is 5.26. The van der Waals surface area contributed by atoms with Gasteiger partial charge in [0.25, 0.3) is 0 Å². The first kappa shape index (κ1) is 17.3. The first-order valence-electron chi connectivity index (χ1n) is 9.71. The number of nitrogens with one attached hydrogen (secondary N) is 2. The summed E-state index contributed by atoms with van der Waals surface area (Å²) in [5, 5.41) is 8.73. The Hall–Kier alpha value is -3.85. The summed E-state index contributed by atoms with van der Waals surface area (Å²) < 4.78 is 0. The van der Waals surface area contributed by atoms with Crippen molar-refractivity contribution >= 4 is 33.6 Å². The molecule has 0 aromatic heterocycles. The van der Waals surface area contributed by atoms with E-state index in [0.717, 1.165) is 33.6 Å². The minimum Gasteiger partial charge on any atom is -0.361 e. The largest absolute Gasteiger partial charge is 0.361 e. The zero-order valence-electron chi connectivity index (χ0n) is 15.9. The van der Waals surface area contributed by atoms with Crippen molar-refractivity contribution in [2.45, 2.75) is 6.42 Å². The second kappa shape index (κ2) is 7.28. The molecule has 0 unspecified atom stereocenters. The van der Waals surface area contributed by atoms with Gasteiger partial charge in [-0.05, 0) is 45.8 Å². The molecule has 1 amide bonds. The van der Waals surface area contributed by atoms with Crippen LogP contribution in [0.1, 0.15) is 12.0 Å². The van der Waals surface area contributed by atoms with Crippen LogP contribution < -0.4 is 10.6 Å². The van der Waals surface area contributed by atoms with E-state index < -0.39 is 0 Å². The molecule has 3 heteroatoms. The Labute approximate surface area is 169 Å². The molecular formula is C26H20N2O. The molecule has 0 bridgehead atoms. The van der Waals surface area contributed by atoms with Crippen LogP contribution in [0.25, 0.3) is 27.5 Å². The van der Waals surface area contributed by atoms with Crippen LogP contribution in [-0.2, 0) is 4.79 Å². The summed E-state index contributed by atoms with van der Waals surface area (Å²) >= 11 is 0. The maximum absolute atomic E-state index is 12.8. The molecule has 1 heterocycles. The van der Waals surface area contributed by atoms with Gasteiger partial charge in [0.1, 0.15) is 0 Å². The van der Waals surface area contributed by atoms with Crippen molar-refractivity contribution in [2.75, 3.05) is 10.6 Å². The molecule has 0 atom stereocenters. The van der Waals surface area contributed by atoms with Gasteiger partial charge in [-0.25, -0.2) is 0 Å². The van der Waals surface area contributed by atoms with E-state index in [4.69, 9.17) is 0 Å². The fourth-order valence-electron chi connectivity index (χ4n) is 3.90. The molecule has 0 fully saturated rings. The molecule has 5 rings (SSSR count). The Kier molecular flexibility index (Phi) is 4.34. The molecule has 1 aliphatic heterocycles. The monoisotopic (exact) mass is 376 g/mol. The summed E-state index contributed by atoms with van der Waals surface area (Å²) in [6, 6.07) is 30.6. The quantitative estimate of drug-likeness (QED) is 0.439. The van der Waals surface area contributed by atoms with E-state index in [1.807, 2.05) is 54.7 Å². The van der Waals surface area contributed by atoms with E-state index in [1.54, 1.807) is 0 Å². The Balaban J connectivity index is 1.37. The summed E-state index contributed by atoms with van der Waals surface area (Å²) in [6.07, 6.45) is 2.26. The minimum absolute atomic E-state index is 0.0281. The van der Waals surface area contributed by atoms with E-state index in [2.05, 4.69) is 53.1 Å². The van der Waals surface area contributed by atoms with Crippen LogP contribution in [0.2, 0.25) is 0 Å². The number of hydrogen-bond acceptors (Lipinski definition) is 2. The lowest BCUT2D eigenvalue weighted by atomic mass is 9.93. The maximum atomic E-state index is 12.8. The molecule has 0 radical (unpaired) electrons. The van der Waals surface area contributed by atoms with Crippen LogP contribution in [0.5, 0.6) is 0 Å². The molecule has 4 aromatic rings. The van der Waals surface area contributed by atoms with Gasteiger partial charge in [0.2, 0.25) is 5.91 Å². The predicted octanol–water partition coefficient (Wildman–Crippen LogP) is 6.30. The van der Waals surface area contributed by atoms with E-state index in [9.17, 15) is 4.79 Å². The van der Waals surface area contributed by atoms with Gasteiger partial charge in [0.15, 0.2) is 0 Å². The van der Waals surface area contributed by atoms with Crippen molar-refractivity contribution in [1.82, 2.24) is 0 Å². The lowest BCUT2D eigenvalue weighted by Gasteiger charge is -2.19. The predicted molar refractivity (Wildman–Crippen MR) is 121 cm³/mol. The van der Waals surface area contributed by atoms with Gasteiger partial charge in [0.05, 0.1) is 6.42 Å². The fourth-order valence-corrected chi connectivity index (χ4v) is 3.90. The molecule has 0 saturated heterocycles. The highest BCUT2D eigenvalue weighted by Gasteiger charge is 2.17. The smallest absolute Gasteiger partial charge is 0.228 e. The number of amides is 1. The number of carbonyl (C=O) groups excluding carboxylic acids is 1. The zero-order chi connectivity index (χ0) is 19.6. The van der Waals surface area contributed by atoms with E-state index >= 15 is 0 Å². The standard InChI is InChI=1S/C26H20N2O/c29-25(28-22-12-4-11-20(15-22)18-7-2-1-3-8-18)16-21-17-27-24-14-6-10-19-9-5-13-23(21)26(19)24/h1-15,17,27H,16H2,(H,28,29). The Morgan fingerprint density at radius 3 is 2.41 bits per heavy atom. The molecule has 29 heavy (non-hydrogen) atoms. The fraction of sp³-hybridized carbons (Fsp3) is 0.0385. The molecule has 3 nitrogen and oxygen atoms in total. The van der Waals surface area contributed by atoms with E-state index in [0.29, 0.717) is 6.42 Å². The Morgan fingerprint density at radius 2 is 1.55 bits per heavy atom. The van der Waals surface area contributed by atoms with Crippen LogP contribution in [-0.4, -0.2) is 5.91 Å². The zero-order valence-corrected chi connectivity index (χ0v) is 15.9. The van der Waals surface area contributed by atoms with Gasteiger partial charge >= 0.3 is 0 Å². The summed E-state index contributed by atoms with van der Waals surface area (Å²) in [5.74, 6) is -0.0281. The highest BCUT2D eigenvalue weighted by Crippen LogP contribution is 2.36. The summed E-state index contributed by atoms with van der Waals surface area (Å²) in [4.78, 5) is 12.8.